The fourth-order valence-corrected chi connectivity index (χ4v) is 1.09. The molecule has 0 spiro atoms. The normalized spacial score (nSPS) is 11.2. The van der Waals surface area contributed by atoms with Gasteiger partial charge < -0.3 is 4.74 Å². The topological polar surface area (TPSA) is 26.3 Å². The lowest BCUT2D eigenvalue weighted by Gasteiger charge is -2.07. The monoisotopic (exact) mass is 252 g/mol. The van der Waals surface area contributed by atoms with Crippen LogP contribution in [0, 0.1) is 0 Å². The third-order valence-electron chi connectivity index (χ3n) is 1.76. The molecule has 0 saturated heterocycles. The molecule has 0 fully saturated rings. The second-order valence-electron chi connectivity index (χ2n) is 2.90. The standard InChI is InChI=1S/C10H8ClF3O2/c11-5-6-16-9(15)7-1-3-8(4-2-7)10(12,13)14/h1-4H,5-6H2. The number of carbonyl (C=O) groups excluding carboxylic acids is 1. The summed E-state index contributed by atoms with van der Waals surface area (Å²) < 4.78 is 41.2. The van der Waals surface area contributed by atoms with Crippen LogP contribution in [0.2, 0.25) is 0 Å². The highest BCUT2D eigenvalue weighted by molar-refractivity contribution is 6.18. The van der Waals surface area contributed by atoms with Crippen LogP contribution >= 0.6 is 11.6 Å². The van der Waals surface area contributed by atoms with E-state index in [4.69, 9.17) is 11.6 Å². The van der Waals surface area contributed by atoms with Gasteiger partial charge in [-0.05, 0) is 24.3 Å². The zero-order valence-electron chi connectivity index (χ0n) is 8.05. The number of ether oxygens (including phenoxy) is 1. The quantitative estimate of drug-likeness (QED) is 0.610. The first-order valence-corrected chi connectivity index (χ1v) is 4.89. The average molecular weight is 253 g/mol. The van der Waals surface area contributed by atoms with E-state index >= 15 is 0 Å². The van der Waals surface area contributed by atoms with Crippen LogP contribution in [0.4, 0.5) is 13.2 Å². The number of alkyl halides is 4. The molecular weight excluding hydrogens is 245 g/mol. The molecule has 0 saturated carbocycles. The SMILES string of the molecule is O=C(OCCCl)c1ccc(C(F)(F)F)cc1. The lowest BCUT2D eigenvalue weighted by atomic mass is 10.1. The van der Waals surface area contributed by atoms with Crippen LogP contribution in [0.5, 0.6) is 0 Å². The zero-order chi connectivity index (χ0) is 12.2. The Kier molecular flexibility index (Phi) is 4.18. The van der Waals surface area contributed by atoms with Gasteiger partial charge in [-0.1, -0.05) is 0 Å². The van der Waals surface area contributed by atoms with Gasteiger partial charge in [-0.15, -0.1) is 11.6 Å². The van der Waals surface area contributed by atoms with Gasteiger partial charge in [0.2, 0.25) is 0 Å². The predicted molar refractivity (Wildman–Crippen MR) is 52.4 cm³/mol. The molecular formula is C10H8ClF3O2. The molecule has 1 aromatic rings. The Morgan fingerprint density at radius 3 is 2.25 bits per heavy atom. The van der Waals surface area contributed by atoms with Crippen molar-refractivity contribution in [3.8, 4) is 0 Å². The summed E-state index contributed by atoms with van der Waals surface area (Å²) in [5.41, 5.74) is -0.737. The average Bonchev–Trinajstić information content (AvgIpc) is 2.25. The lowest BCUT2D eigenvalue weighted by Crippen LogP contribution is -2.09. The van der Waals surface area contributed by atoms with Crippen molar-refractivity contribution in [3.05, 3.63) is 35.4 Å². The third kappa shape index (κ3) is 3.41. The molecule has 1 rings (SSSR count). The van der Waals surface area contributed by atoms with E-state index in [-0.39, 0.29) is 18.1 Å². The Hall–Kier alpha value is -1.23. The van der Waals surface area contributed by atoms with Gasteiger partial charge in [0.1, 0.15) is 6.61 Å². The van der Waals surface area contributed by atoms with Crippen molar-refractivity contribution >= 4 is 17.6 Å². The van der Waals surface area contributed by atoms with Crippen molar-refractivity contribution in [2.24, 2.45) is 0 Å². The van der Waals surface area contributed by atoms with E-state index in [1.54, 1.807) is 0 Å². The van der Waals surface area contributed by atoms with E-state index in [9.17, 15) is 18.0 Å². The van der Waals surface area contributed by atoms with Crippen LogP contribution < -0.4 is 0 Å². The molecule has 0 radical (unpaired) electrons. The Morgan fingerprint density at radius 1 is 1.25 bits per heavy atom. The highest BCUT2D eigenvalue weighted by Crippen LogP contribution is 2.29. The van der Waals surface area contributed by atoms with E-state index in [0.29, 0.717) is 0 Å². The second kappa shape index (κ2) is 5.21. The maximum atomic E-state index is 12.2. The molecule has 0 heterocycles. The second-order valence-corrected chi connectivity index (χ2v) is 3.28. The number of rotatable bonds is 3. The Bertz CT molecular complexity index is 359. The van der Waals surface area contributed by atoms with E-state index in [1.165, 1.54) is 0 Å². The molecule has 6 heteroatoms. The zero-order valence-corrected chi connectivity index (χ0v) is 8.81. The summed E-state index contributed by atoms with van der Waals surface area (Å²) in [6.07, 6.45) is -4.40. The molecule has 0 aliphatic carbocycles. The van der Waals surface area contributed by atoms with Crippen molar-refractivity contribution < 1.29 is 22.7 Å². The molecule has 1 aromatic carbocycles. The van der Waals surface area contributed by atoms with E-state index in [0.717, 1.165) is 24.3 Å². The number of benzene rings is 1. The Morgan fingerprint density at radius 2 is 1.81 bits per heavy atom. The van der Waals surface area contributed by atoms with Crippen molar-refractivity contribution in [2.45, 2.75) is 6.18 Å². The number of hydrogen-bond acceptors (Lipinski definition) is 2. The Balaban J connectivity index is 2.75. The van der Waals surface area contributed by atoms with Crippen LogP contribution in [0.3, 0.4) is 0 Å². The van der Waals surface area contributed by atoms with E-state index in [1.807, 2.05) is 0 Å². The van der Waals surface area contributed by atoms with E-state index < -0.39 is 17.7 Å². The van der Waals surface area contributed by atoms with Gasteiger partial charge in [0.05, 0.1) is 17.0 Å². The van der Waals surface area contributed by atoms with Gasteiger partial charge in [-0.25, -0.2) is 4.79 Å². The van der Waals surface area contributed by atoms with E-state index in [2.05, 4.69) is 4.74 Å². The maximum Gasteiger partial charge on any atom is 0.416 e. The summed E-state index contributed by atoms with van der Waals surface area (Å²) in [5, 5.41) is 0. The first kappa shape index (κ1) is 12.8. The number of halogens is 4. The van der Waals surface area contributed by atoms with Crippen LogP contribution in [0.25, 0.3) is 0 Å². The smallest absolute Gasteiger partial charge is 0.416 e. The minimum absolute atomic E-state index is 0.0292. The fourth-order valence-electron chi connectivity index (χ4n) is 1.01. The summed E-state index contributed by atoms with van der Waals surface area (Å²) in [5.74, 6) is -0.541. The first-order chi connectivity index (χ1) is 7.45. The van der Waals surface area contributed by atoms with Gasteiger partial charge in [-0.2, -0.15) is 13.2 Å². The highest BCUT2D eigenvalue weighted by Gasteiger charge is 2.30. The van der Waals surface area contributed by atoms with Gasteiger partial charge in [-0.3, -0.25) is 0 Å². The summed E-state index contributed by atoms with van der Waals surface area (Å²) in [4.78, 5) is 11.2. The molecule has 0 bridgehead atoms. The number of carbonyl (C=O) groups is 1. The minimum Gasteiger partial charge on any atom is -0.461 e. The van der Waals surface area contributed by atoms with Crippen LogP contribution in [-0.2, 0) is 10.9 Å². The first-order valence-electron chi connectivity index (χ1n) is 4.35. The number of hydrogen-bond donors (Lipinski definition) is 0. The fraction of sp³-hybridized carbons (Fsp3) is 0.300. The number of esters is 1. The van der Waals surface area contributed by atoms with Crippen LogP contribution in [0.1, 0.15) is 15.9 Å². The molecule has 0 aromatic heterocycles. The predicted octanol–water partition coefficient (Wildman–Crippen LogP) is 3.10. The maximum absolute atomic E-state index is 12.2. The van der Waals surface area contributed by atoms with Gasteiger partial charge >= 0.3 is 12.1 Å². The van der Waals surface area contributed by atoms with Crippen LogP contribution in [-0.4, -0.2) is 18.5 Å². The minimum atomic E-state index is -4.40. The summed E-state index contributed by atoms with van der Waals surface area (Å²) in [6, 6.07) is 3.80. The lowest BCUT2D eigenvalue weighted by molar-refractivity contribution is -0.137. The van der Waals surface area contributed by atoms with Gasteiger partial charge in [0.15, 0.2) is 0 Å². The largest absolute Gasteiger partial charge is 0.461 e. The molecule has 0 amide bonds. The third-order valence-corrected chi connectivity index (χ3v) is 1.91. The molecule has 0 aliphatic rings. The van der Waals surface area contributed by atoms with Crippen molar-refractivity contribution in [1.82, 2.24) is 0 Å². The summed E-state index contributed by atoms with van der Waals surface area (Å²) in [7, 11) is 0. The molecule has 0 N–H and O–H groups in total. The molecule has 0 atom stereocenters. The van der Waals surface area contributed by atoms with Crippen molar-refractivity contribution in [1.29, 1.82) is 0 Å². The Labute approximate surface area is 95.0 Å². The molecule has 16 heavy (non-hydrogen) atoms. The summed E-state index contributed by atoms with van der Waals surface area (Å²) in [6.45, 7) is 0.0292. The molecule has 0 unspecified atom stereocenters. The highest BCUT2D eigenvalue weighted by atomic mass is 35.5. The molecule has 0 aliphatic heterocycles. The van der Waals surface area contributed by atoms with Crippen molar-refractivity contribution in [3.63, 3.8) is 0 Å². The summed E-state index contributed by atoms with van der Waals surface area (Å²) >= 11 is 5.29. The van der Waals surface area contributed by atoms with Crippen LogP contribution in [0.15, 0.2) is 24.3 Å². The molecule has 2 nitrogen and oxygen atoms in total. The van der Waals surface area contributed by atoms with Gasteiger partial charge in [0, 0.05) is 0 Å². The van der Waals surface area contributed by atoms with Gasteiger partial charge in [0.25, 0.3) is 0 Å². The molecule has 88 valence electrons. The van der Waals surface area contributed by atoms with Crippen molar-refractivity contribution in [2.75, 3.05) is 12.5 Å².